The van der Waals surface area contributed by atoms with E-state index in [1.165, 1.54) is 17.6 Å². The summed E-state index contributed by atoms with van der Waals surface area (Å²) >= 11 is 1.33. The molecule has 2 aromatic rings. The lowest BCUT2D eigenvalue weighted by Gasteiger charge is -2.12. The fourth-order valence-electron chi connectivity index (χ4n) is 2.08. The number of hydrogen-bond donors (Lipinski definition) is 1. The van der Waals surface area contributed by atoms with Crippen molar-refractivity contribution in [1.29, 1.82) is 0 Å². The van der Waals surface area contributed by atoms with Crippen LogP contribution >= 0.6 is 11.3 Å². The van der Waals surface area contributed by atoms with Gasteiger partial charge in [0.2, 0.25) is 0 Å². The molecule has 3 rings (SSSR count). The molecule has 1 N–H and O–H groups in total. The Labute approximate surface area is 119 Å². The molecule has 2 amide bonds. The van der Waals surface area contributed by atoms with E-state index in [9.17, 15) is 9.59 Å². The minimum Gasteiger partial charge on any atom is -0.431 e. The molecule has 3 heterocycles. The van der Waals surface area contributed by atoms with E-state index >= 15 is 0 Å². The Morgan fingerprint density at radius 1 is 1.35 bits per heavy atom. The number of carbonyl (C=O) groups excluding carboxylic acids is 2. The molecular formula is C13H13N3O3S. The van der Waals surface area contributed by atoms with Crippen molar-refractivity contribution in [2.24, 2.45) is 0 Å². The first-order valence-corrected chi connectivity index (χ1v) is 7.21. The van der Waals surface area contributed by atoms with E-state index in [0.29, 0.717) is 4.88 Å². The fourth-order valence-corrected chi connectivity index (χ4v) is 2.70. The van der Waals surface area contributed by atoms with Gasteiger partial charge < -0.3 is 9.32 Å². The average molecular weight is 291 g/mol. The van der Waals surface area contributed by atoms with Crippen molar-refractivity contribution in [3.8, 4) is 0 Å². The Kier molecular flexibility index (Phi) is 3.51. The van der Waals surface area contributed by atoms with Crippen LogP contribution in [-0.2, 0) is 0 Å². The van der Waals surface area contributed by atoms with E-state index in [1.54, 1.807) is 17.0 Å². The summed E-state index contributed by atoms with van der Waals surface area (Å²) in [6.07, 6.45) is 3.32. The lowest BCUT2D eigenvalue weighted by atomic mass is 10.4. The van der Waals surface area contributed by atoms with E-state index in [0.717, 1.165) is 25.9 Å². The zero-order valence-electron chi connectivity index (χ0n) is 10.7. The predicted octanol–water partition coefficient (Wildman–Crippen LogP) is 2.22. The third-order valence-electron chi connectivity index (χ3n) is 3.08. The van der Waals surface area contributed by atoms with Crippen molar-refractivity contribution in [1.82, 2.24) is 9.88 Å². The molecule has 2 aromatic heterocycles. The summed E-state index contributed by atoms with van der Waals surface area (Å²) in [6, 6.07) is 3.54. The molecule has 0 bridgehead atoms. The predicted molar refractivity (Wildman–Crippen MR) is 73.9 cm³/mol. The van der Waals surface area contributed by atoms with Gasteiger partial charge >= 0.3 is 6.01 Å². The fraction of sp³-hybridized carbons (Fsp3) is 0.308. The number of likely N-dealkylation sites (tertiary alicyclic amines) is 1. The molecule has 0 aliphatic carbocycles. The Hall–Kier alpha value is -2.15. The van der Waals surface area contributed by atoms with Crippen molar-refractivity contribution < 1.29 is 14.0 Å². The van der Waals surface area contributed by atoms with Gasteiger partial charge in [0.25, 0.3) is 11.8 Å². The van der Waals surface area contributed by atoms with Gasteiger partial charge in [-0.2, -0.15) is 4.98 Å². The maximum Gasteiger partial charge on any atom is 0.302 e. The van der Waals surface area contributed by atoms with E-state index in [2.05, 4.69) is 10.3 Å². The van der Waals surface area contributed by atoms with Gasteiger partial charge in [-0.3, -0.25) is 14.9 Å². The van der Waals surface area contributed by atoms with Crippen LogP contribution in [0.5, 0.6) is 0 Å². The summed E-state index contributed by atoms with van der Waals surface area (Å²) < 4.78 is 5.13. The molecule has 6 nitrogen and oxygen atoms in total. The zero-order valence-corrected chi connectivity index (χ0v) is 11.5. The van der Waals surface area contributed by atoms with Crippen LogP contribution in [0.25, 0.3) is 0 Å². The number of thiophene rings is 1. The maximum absolute atomic E-state index is 12.1. The normalized spacial score (nSPS) is 14.5. The highest BCUT2D eigenvalue weighted by Gasteiger charge is 2.23. The molecule has 0 aromatic carbocycles. The minimum atomic E-state index is -0.290. The van der Waals surface area contributed by atoms with Gasteiger partial charge in [0.15, 0.2) is 5.69 Å². The number of oxazole rings is 1. The number of hydrogen-bond acceptors (Lipinski definition) is 5. The van der Waals surface area contributed by atoms with Gasteiger partial charge in [-0.1, -0.05) is 6.07 Å². The van der Waals surface area contributed by atoms with Crippen molar-refractivity contribution in [2.45, 2.75) is 12.8 Å². The molecule has 1 aliphatic heterocycles. The highest BCUT2D eigenvalue weighted by Crippen LogP contribution is 2.16. The van der Waals surface area contributed by atoms with Crippen LogP contribution in [0.2, 0.25) is 0 Å². The van der Waals surface area contributed by atoms with Crippen LogP contribution in [0, 0.1) is 0 Å². The summed E-state index contributed by atoms with van der Waals surface area (Å²) in [7, 11) is 0. The molecule has 1 saturated heterocycles. The topological polar surface area (TPSA) is 75.4 Å². The second-order valence-corrected chi connectivity index (χ2v) is 5.42. The third-order valence-corrected chi connectivity index (χ3v) is 3.95. The van der Waals surface area contributed by atoms with Crippen molar-refractivity contribution in [3.05, 3.63) is 34.3 Å². The molecule has 0 spiro atoms. The molecule has 20 heavy (non-hydrogen) atoms. The van der Waals surface area contributed by atoms with Crippen LogP contribution in [0.15, 0.2) is 28.2 Å². The average Bonchev–Trinajstić information content (AvgIpc) is 3.19. The van der Waals surface area contributed by atoms with Crippen LogP contribution in [0.3, 0.4) is 0 Å². The van der Waals surface area contributed by atoms with Crippen LogP contribution < -0.4 is 5.32 Å². The SMILES string of the molecule is O=C(Nc1nc(C(=O)N2CCCC2)co1)c1cccs1. The third kappa shape index (κ3) is 2.57. The number of rotatable bonds is 3. The number of anilines is 1. The van der Waals surface area contributed by atoms with Gasteiger partial charge in [0.05, 0.1) is 4.88 Å². The molecule has 1 fully saturated rings. The Balaban J connectivity index is 1.67. The van der Waals surface area contributed by atoms with Gasteiger partial charge in [-0.25, -0.2) is 0 Å². The van der Waals surface area contributed by atoms with E-state index < -0.39 is 0 Å². The van der Waals surface area contributed by atoms with Gasteiger partial charge in [0.1, 0.15) is 6.26 Å². The van der Waals surface area contributed by atoms with Gasteiger partial charge in [0, 0.05) is 13.1 Å². The maximum atomic E-state index is 12.1. The summed E-state index contributed by atoms with van der Waals surface area (Å²) in [4.78, 5) is 30.2. The minimum absolute atomic E-state index is 0.0472. The number of carbonyl (C=O) groups is 2. The van der Waals surface area contributed by atoms with Crippen LogP contribution in [0.1, 0.15) is 33.0 Å². The number of amides is 2. The highest BCUT2D eigenvalue weighted by molar-refractivity contribution is 7.12. The molecule has 0 radical (unpaired) electrons. The summed E-state index contributed by atoms with van der Waals surface area (Å²) in [5.74, 6) is -0.440. The lowest BCUT2D eigenvalue weighted by molar-refractivity contribution is 0.0786. The Bertz CT molecular complexity index is 615. The van der Waals surface area contributed by atoms with E-state index in [-0.39, 0.29) is 23.5 Å². The van der Waals surface area contributed by atoms with E-state index in [4.69, 9.17) is 4.42 Å². The monoisotopic (exact) mass is 291 g/mol. The van der Waals surface area contributed by atoms with Crippen LogP contribution in [-0.4, -0.2) is 34.8 Å². The van der Waals surface area contributed by atoms with Crippen molar-refractivity contribution in [2.75, 3.05) is 18.4 Å². The lowest BCUT2D eigenvalue weighted by Crippen LogP contribution is -2.27. The summed E-state index contributed by atoms with van der Waals surface area (Å²) in [5, 5.41) is 4.35. The first-order valence-electron chi connectivity index (χ1n) is 6.34. The van der Waals surface area contributed by atoms with Gasteiger partial charge in [-0.05, 0) is 24.3 Å². The molecule has 104 valence electrons. The number of aromatic nitrogens is 1. The molecule has 1 aliphatic rings. The Morgan fingerprint density at radius 2 is 2.15 bits per heavy atom. The molecular weight excluding hydrogens is 278 g/mol. The molecule has 0 saturated carbocycles. The standard InChI is InChI=1S/C13H13N3O3S/c17-11(10-4-3-7-20-10)15-13-14-9(8-19-13)12(18)16-5-1-2-6-16/h3-4,7-8H,1-2,5-6H2,(H,14,15,17). The molecule has 0 unspecified atom stereocenters. The first kappa shape index (κ1) is 12.9. The van der Waals surface area contributed by atoms with E-state index in [1.807, 2.05) is 5.38 Å². The molecule has 0 atom stereocenters. The van der Waals surface area contributed by atoms with Crippen molar-refractivity contribution >= 4 is 29.2 Å². The van der Waals surface area contributed by atoms with Crippen molar-refractivity contribution in [3.63, 3.8) is 0 Å². The largest absolute Gasteiger partial charge is 0.431 e. The summed E-state index contributed by atoms with van der Waals surface area (Å²) in [6.45, 7) is 1.51. The Morgan fingerprint density at radius 3 is 2.85 bits per heavy atom. The first-order chi connectivity index (χ1) is 9.74. The second kappa shape index (κ2) is 5.46. The number of nitrogens with one attached hydrogen (secondary N) is 1. The quantitative estimate of drug-likeness (QED) is 0.941. The van der Waals surface area contributed by atoms with Gasteiger partial charge in [-0.15, -0.1) is 11.3 Å². The molecule has 7 heteroatoms. The number of nitrogens with zero attached hydrogens (tertiary/aromatic N) is 2. The smallest absolute Gasteiger partial charge is 0.302 e. The van der Waals surface area contributed by atoms with Crippen LogP contribution in [0.4, 0.5) is 6.01 Å². The second-order valence-electron chi connectivity index (χ2n) is 4.47. The zero-order chi connectivity index (χ0) is 13.9. The summed E-state index contributed by atoms with van der Waals surface area (Å²) in [5.41, 5.74) is 0.230. The highest BCUT2D eigenvalue weighted by atomic mass is 32.1.